The Morgan fingerprint density at radius 1 is 1.55 bits per heavy atom. The van der Waals surface area contributed by atoms with Crippen molar-refractivity contribution in [3.05, 3.63) is 12.2 Å². The van der Waals surface area contributed by atoms with E-state index in [4.69, 9.17) is 10.2 Å². The Labute approximate surface area is 67.7 Å². The summed E-state index contributed by atoms with van der Waals surface area (Å²) in [5.74, 6) is -1.89. The SMILES string of the molecule is C=C(C)C(O)(O)NCCCC. The Kier molecular flexibility index (Phi) is 4.33. The standard InChI is InChI=1S/C8H17NO2/c1-4-5-6-9-8(10,11)7(2)3/h9-11H,2,4-6H2,1,3H3. The van der Waals surface area contributed by atoms with E-state index in [0.717, 1.165) is 12.8 Å². The average molecular weight is 159 g/mol. The van der Waals surface area contributed by atoms with Gasteiger partial charge in [-0.05, 0) is 18.9 Å². The van der Waals surface area contributed by atoms with E-state index in [0.29, 0.717) is 12.1 Å². The second kappa shape index (κ2) is 4.49. The van der Waals surface area contributed by atoms with Gasteiger partial charge in [-0.3, -0.25) is 5.32 Å². The predicted molar refractivity (Wildman–Crippen MR) is 44.9 cm³/mol. The third-order valence-corrected chi connectivity index (χ3v) is 1.50. The molecule has 0 aliphatic heterocycles. The first-order chi connectivity index (χ1) is 5.00. The van der Waals surface area contributed by atoms with Gasteiger partial charge in [-0.1, -0.05) is 19.9 Å². The van der Waals surface area contributed by atoms with Gasteiger partial charge in [0.2, 0.25) is 5.91 Å². The number of hydrogen-bond acceptors (Lipinski definition) is 3. The monoisotopic (exact) mass is 159 g/mol. The van der Waals surface area contributed by atoms with Crippen molar-refractivity contribution in [2.75, 3.05) is 6.54 Å². The Bertz CT molecular complexity index is 132. The predicted octanol–water partition coefficient (Wildman–Crippen LogP) is 0.591. The lowest BCUT2D eigenvalue weighted by atomic mass is 10.2. The number of unbranched alkanes of at least 4 members (excludes halogenated alkanes) is 1. The minimum atomic E-state index is -1.89. The zero-order valence-corrected chi connectivity index (χ0v) is 7.22. The second-order valence-electron chi connectivity index (χ2n) is 2.73. The molecule has 0 aliphatic carbocycles. The van der Waals surface area contributed by atoms with Crippen molar-refractivity contribution in [1.29, 1.82) is 0 Å². The molecule has 0 saturated heterocycles. The van der Waals surface area contributed by atoms with Gasteiger partial charge in [-0.2, -0.15) is 0 Å². The molecular formula is C8H17NO2. The lowest BCUT2D eigenvalue weighted by Gasteiger charge is -2.22. The summed E-state index contributed by atoms with van der Waals surface area (Å²) in [6.45, 7) is 7.65. The summed E-state index contributed by atoms with van der Waals surface area (Å²) >= 11 is 0. The summed E-state index contributed by atoms with van der Waals surface area (Å²) < 4.78 is 0. The van der Waals surface area contributed by atoms with Gasteiger partial charge in [-0.25, -0.2) is 0 Å². The maximum absolute atomic E-state index is 9.16. The molecular weight excluding hydrogens is 142 g/mol. The summed E-state index contributed by atoms with van der Waals surface area (Å²) in [5.41, 5.74) is 0.314. The van der Waals surface area contributed by atoms with Crippen molar-refractivity contribution in [2.45, 2.75) is 32.6 Å². The molecule has 0 amide bonds. The van der Waals surface area contributed by atoms with Gasteiger partial charge in [0.25, 0.3) is 0 Å². The molecule has 0 fully saturated rings. The summed E-state index contributed by atoms with van der Waals surface area (Å²) in [6.07, 6.45) is 1.95. The van der Waals surface area contributed by atoms with Crippen molar-refractivity contribution in [2.24, 2.45) is 0 Å². The van der Waals surface area contributed by atoms with Crippen LogP contribution in [0.25, 0.3) is 0 Å². The fourth-order valence-corrected chi connectivity index (χ4v) is 0.590. The molecule has 3 heteroatoms. The molecule has 66 valence electrons. The first-order valence-electron chi connectivity index (χ1n) is 3.86. The molecule has 11 heavy (non-hydrogen) atoms. The summed E-state index contributed by atoms with van der Waals surface area (Å²) in [7, 11) is 0. The van der Waals surface area contributed by atoms with Crippen molar-refractivity contribution in [1.82, 2.24) is 5.32 Å². The zero-order chi connectivity index (χ0) is 8.91. The molecule has 0 atom stereocenters. The Morgan fingerprint density at radius 3 is 2.45 bits per heavy atom. The minimum Gasteiger partial charge on any atom is -0.350 e. The molecule has 0 saturated carbocycles. The van der Waals surface area contributed by atoms with Gasteiger partial charge in [0.15, 0.2) is 0 Å². The first kappa shape index (κ1) is 10.6. The second-order valence-corrected chi connectivity index (χ2v) is 2.73. The van der Waals surface area contributed by atoms with Crippen LogP contribution in [0.15, 0.2) is 12.2 Å². The molecule has 0 radical (unpaired) electrons. The molecule has 0 aliphatic rings. The molecule has 0 aromatic heterocycles. The summed E-state index contributed by atoms with van der Waals surface area (Å²) in [5, 5.41) is 20.9. The van der Waals surface area contributed by atoms with Crippen LogP contribution in [0, 0.1) is 0 Å². The Morgan fingerprint density at radius 2 is 2.09 bits per heavy atom. The molecule has 3 nitrogen and oxygen atoms in total. The third-order valence-electron chi connectivity index (χ3n) is 1.50. The van der Waals surface area contributed by atoms with Gasteiger partial charge in [-0.15, -0.1) is 0 Å². The van der Waals surface area contributed by atoms with E-state index in [1.165, 1.54) is 0 Å². The highest BCUT2D eigenvalue weighted by molar-refractivity contribution is 5.00. The van der Waals surface area contributed by atoms with Crippen LogP contribution in [0.4, 0.5) is 0 Å². The maximum atomic E-state index is 9.16. The van der Waals surface area contributed by atoms with Gasteiger partial charge >= 0.3 is 0 Å². The number of rotatable bonds is 5. The van der Waals surface area contributed by atoms with Gasteiger partial charge < -0.3 is 10.2 Å². The Hall–Kier alpha value is -0.380. The normalized spacial score (nSPS) is 11.6. The quantitative estimate of drug-likeness (QED) is 0.312. The van der Waals surface area contributed by atoms with Crippen LogP contribution in [0.5, 0.6) is 0 Å². The van der Waals surface area contributed by atoms with E-state index in [2.05, 4.69) is 11.9 Å². The van der Waals surface area contributed by atoms with Crippen LogP contribution >= 0.6 is 0 Å². The van der Waals surface area contributed by atoms with Crippen molar-refractivity contribution in [3.63, 3.8) is 0 Å². The highest BCUT2D eigenvalue weighted by Gasteiger charge is 2.21. The minimum absolute atomic E-state index is 0.314. The lowest BCUT2D eigenvalue weighted by molar-refractivity contribution is -0.152. The van der Waals surface area contributed by atoms with Gasteiger partial charge in [0.1, 0.15) is 0 Å². The third kappa shape index (κ3) is 4.14. The average Bonchev–Trinajstić information content (AvgIpc) is 1.88. The molecule has 0 spiro atoms. The molecule has 0 heterocycles. The lowest BCUT2D eigenvalue weighted by Crippen LogP contribution is -2.46. The van der Waals surface area contributed by atoms with Crippen molar-refractivity contribution in [3.8, 4) is 0 Å². The van der Waals surface area contributed by atoms with E-state index in [9.17, 15) is 0 Å². The first-order valence-corrected chi connectivity index (χ1v) is 3.86. The van der Waals surface area contributed by atoms with Crippen LogP contribution in [-0.2, 0) is 0 Å². The molecule has 0 aromatic carbocycles. The number of nitrogens with one attached hydrogen (secondary N) is 1. The van der Waals surface area contributed by atoms with Gasteiger partial charge in [0, 0.05) is 6.54 Å². The molecule has 0 rings (SSSR count). The van der Waals surface area contributed by atoms with Crippen LogP contribution in [0.2, 0.25) is 0 Å². The molecule has 0 aromatic rings. The highest BCUT2D eigenvalue weighted by Crippen LogP contribution is 2.05. The molecule has 0 unspecified atom stereocenters. The van der Waals surface area contributed by atoms with Crippen LogP contribution in [-0.4, -0.2) is 22.7 Å². The van der Waals surface area contributed by atoms with Crippen LogP contribution < -0.4 is 5.32 Å². The highest BCUT2D eigenvalue weighted by atomic mass is 16.5. The van der Waals surface area contributed by atoms with Crippen molar-refractivity contribution < 1.29 is 10.2 Å². The van der Waals surface area contributed by atoms with E-state index in [1.54, 1.807) is 6.92 Å². The van der Waals surface area contributed by atoms with E-state index < -0.39 is 5.91 Å². The van der Waals surface area contributed by atoms with E-state index in [-0.39, 0.29) is 0 Å². The van der Waals surface area contributed by atoms with Crippen molar-refractivity contribution >= 4 is 0 Å². The largest absolute Gasteiger partial charge is 0.350 e. The van der Waals surface area contributed by atoms with E-state index >= 15 is 0 Å². The smallest absolute Gasteiger partial charge is 0.245 e. The zero-order valence-electron chi connectivity index (χ0n) is 7.22. The maximum Gasteiger partial charge on any atom is 0.245 e. The van der Waals surface area contributed by atoms with E-state index in [1.807, 2.05) is 6.92 Å². The fourth-order valence-electron chi connectivity index (χ4n) is 0.590. The molecule has 3 N–H and O–H groups in total. The molecule has 0 bridgehead atoms. The number of hydrogen-bond donors (Lipinski definition) is 3. The summed E-state index contributed by atoms with van der Waals surface area (Å²) in [6, 6.07) is 0. The summed E-state index contributed by atoms with van der Waals surface area (Å²) in [4.78, 5) is 0. The van der Waals surface area contributed by atoms with Crippen LogP contribution in [0.1, 0.15) is 26.7 Å². The fraction of sp³-hybridized carbons (Fsp3) is 0.750. The van der Waals surface area contributed by atoms with Crippen LogP contribution in [0.3, 0.4) is 0 Å². The number of aliphatic hydroxyl groups is 2. The topological polar surface area (TPSA) is 52.5 Å². The Balaban J connectivity index is 3.64. The van der Waals surface area contributed by atoms with Gasteiger partial charge in [0.05, 0.1) is 0 Å².